The highest BCUT2D eigenvalue weighted by Crippen LogP contribution is 2.25. The lowest BCUT2D eigenvalue weighted by molar-refractivity contribution is -0.114. The van der Waals surface area contributed by atoms with Gasteiger partial charge in [-0.2, -0.15) is 8.78 Å². The first-order chi connectivity index (χ1) is 11.5. The molecule has 2 N–H and O–H groups in total. The van der Waals surface area contributed by atoms with Gasteiger partial charge < -0.3 is 15.4 Å². The number of benzene rings is 2. The van der Waals surface area contributed by atoms with Crippen LogP contribution in [0.2, 0.25) is 0 Å². The standard InChI is InChI=1S/C17H16F2N2O3/c1-11(22)12-5-4-6-13(9-12)21-16(23)10-20-14-7-2-3-8-15(14)24-17(18)19/h2-9,17,20H,10H2,1H3,(H,21,23). The molecule has 0 aliphatic rings. The molecule has 2 rings (SSSR count). The van der Waals surface area contributed by atoms with Gasteiger partial charge in [0.25, 0.3) is 0 Å². The molecule has 24 heavy (non-hydrogen) atoms. The molecule has 2 aromatic carbocycles. The number of halogens is 2. The summed E-state index contributed by atoms with van der Waals surface area (Å²) >= 11 is 0. The fourth-order valence-corrected chi connectivity index (χ4v) is 2.01. The Morgan fingerprint density at radius 3 is 2.58 bits per heavy atom. The Morgan fingerprint density at radius 2 is 1.88 bits per heavy atom. The molecule has 0 aliphatic heterocycles. The van der Waals surface area contributed by atoms with Crippen LogP contribution in [-0.4, -0.2) is 24.8 Å². The Balaban J connectivity index is 1.96. The molecule has 0 aliphatic carbocycles. The number of alkyl halides is 2. The fraction of sp³-hybridized carbons (Fsp3) is 0.176. The van der Waals surface area contributed by atoms with Crippen LogP contribution < -0.4 is 15.4 Å². The van der Waals surface area contributed by atoms with E-state index < -0.39 is 6.61 Å². The van der Waals surface area contributed by atoms with Crippen LogP contribution in [0, 0.1) is 0 Å². The number of hydrogen-bond donors (Lipinski definition) is 2. The summed E-state index contributed by atoms with van der Waals surface area (Å²) in [6.45, 7) is -1.66. The van der Waals surface area contributed by atoms with E-state index in [1.807, 2.05) is 0 Å². The lowest BCUT2D eigenvalue weighted by Gasteiger charge is -2.12. The highest BCUT2D eigenvalue weighted by atomic mass is 19.3. The van der Waals surface area contributed by atoms with E-state index in [2.05, 4.69) is 15.4 Å². The quantitative estimate of drug-likeness (QED) is 0.760. The average molecular weight is 334 g/mol. The highest BCUT2D eigenvalue weighted by Gasteiger charge is 2.10. The summed E-state index contributed by atoms with van der Waals surface area (Å²) in [6.07, 6.45) is 0. The molecule has 126 valence electrons. The van der Waals surface area contributed by atoms with E-state index in [1.54, 1.807) is 36.4 Å². The van der Waals surface area contributed by atoms with Crippen LogP contribution in [0.3, 0.4) is 0 Å². The first-order valence-corrected chi connectivity index (χ1v) is 7.14. The molecule has 0 fully saturated rings. The number of amides is 1. The molecule has 0 saturated carbocycles. The molecule has 0 aromatic heterocycles. The van der Waals surface area contributed by atoms with Crippen LogP contribution in [0.1, 0.15) is 17.3 Å². The maximum Gasteiger partial charge on any atom is 0.387 e. The molecule has 0 spiro atoms. The van der Waals surface area contributed by atoms with Gasteiger partial charge in [-0.25, -0.2) is 0 Å². The summed E-state index contributed by atoms with van der Waals surface area (Å²) in [5.74, 6) is -0.538. The largest absolute Gasteiger partial charge is 0.433 e. The second-order valence-electron chi connectivity index (χ2n) is 4.91. The molecule has 2 aromatic rings. The van der Waals surface area contributed by atoms with Gasteiger partial charge in [-0.3, -0.25) is 9.59 Å². The summed E-state index contributed by atoms with van der Waals surface area (Å²) in [7, 11) is 0. The maximum atomic E-state index is 12.3. The van der Waals surface area contributed by atoms with Gasteiger partial charge in [-0.1, -0.05) is 24.3 Å². The number of ketones is 1. The van der Waals surface area contributed by atoms with Crippen molar-refractivity contribution in [2.75, 3.05) is 17.2 Å². The Bertz CT molecular complexity index is 735. The molecule has 0 radical (unpaired) electrons. The zero-order valence-electron chi connectivity index (χ0n) is 12.9. The Morgan fingerprint density at radius 1 is 1.12 bits per heavy atom. The monoisotopic (exact) mass is 334 g/mol. The molecule has 1 amide bonds. The van der Waals surface area contributed by atoms with Gasteiger partial charge in [0, 0.05) is 11.3 Å². The number of carbonyl (C=O) groups excluding carboxylic acids is 2. The highest BCUT2D eigenvalue weighted by molar-refractivity contribution is 5.98. The van der Waals surface area contributed by atoms with Gasteiger partial charge in [-0.05, 0) is 31.2 Å². The lowest BCUT2D eigenvalue weighted by Crippen LogP contribution is -2.22. The smallest absolute Gasteiger partial charge is 0.387 e. The van der Waals surface area contributed by atoms with Crippen LogP contribution >= 0.6 is 0 Å². The summed E-state index contributed by atoms with van der Waals surface area (Å²) < 4.78 is 29.0. The third-order valence-corrected chi connectivity index (χ3v) is 3.10. The second-order valence-corrected chi connectivity index (χ2v) is 4.91. The molecule has 0 saturated heterocycles. The van der Waals surface area contributed by atoms with Gasteiger partial charge in [0.1, 0.15) is 5.75 Å². The first kappa shape index (κ1) is 17.4. The van der Waals surface area contributed by atoms with E-state index in [4.69, 9.17) is 0 Å². The van der Waals surface area contributed by atoms with Crippen LogP contribution in [0.15, 0.2) is 48.5 Å². The number of para-hydroxylation sites is 2. The van der Waals surface area contributed by atoms with Crippen molar-refractivity contribution in [2.45, 2.75) is 13.5 Å². The van der Waals surface area contributed by atoms with Crippen molar-refractivity contribution < 1.29 is 23.1 Å². The number of ether oxygens (including phenoxy) is 1. The lowest BCUT2D eigenvalue weighted by atomic mass is 10.1. The van der Waals surface area contributed by atoms with Crippen molar-refractivity contribution in [3.05, 3.63) is 54.1 Å². The third kappa shape index (κ3) is 5.05. The van der Waals surface area contributed by atoms with Gasteiger partial charge in [-0.15, -0.1) is 0 Å². The normalized spacial score (nSPS) is 10.3. The number of hydrogen-bond acceptors (Lipinski definition) is 4. The summed E-state index contributed by atoms with van der Waals surface area (Å²) in [6, 6.07) is 12.6. The van der Waals surface area contributed by atoms with Crippen LogP contribution in [-0.2, 0) is 4.79 Å². The van der Waals surface area contributed by atoms with E-state index >= 15 is 0 Å². The third-order valence-electron chi connectivity index (χ3n) is 3.10. The van der Waals surface area contributed by atoms with E-state index in [0.29, 0.717) is 11.3 Å². The predicted octanol–water partition coefficient (Wildman–Crippen LogP) is 3.54. The van der Waals surface area contributed by atoms with Gasteiger partial charge in [0.15, 0.2) is 5.78 Å². The molecule has 7 heteroatoms. The molecule has 5 nitrogen and oxygen atoms in total. The number of Topliss-reactive ketones (excluding diaryl/α,β-unsaturated/α-hetero) is 1. The minimum atomic E-state index is -2.95. The molecule has 0 unspecified atom stereocenters. The topological polar surface area (TPSA) is 67.4 Å². The van der Waals surface area contributed by atoms with Crippen molar-refractivity contribution >= 4 is 23.1 Å². The Hall–Kier alpha value is -2.96. The Kier molecular flexibility index (Phi) is 5.83. The summed E-state index contributed by atoms with van der Waals surface area (Å²) in [5, 5.41) is 5.36. The number of rotatable bonds is 7. The Labute approximate surface area is 137 Å². The zero-order valence-corrected chi connectivity index (χ0v) is 12.9. The second kappa shape index (κ2) is 8.05. The van der Waals surface area contributed by atoms with Gasteiger partial charge >= 0.3 is 6.61 Å². The number of nitrogens with one attached hydrogen (secondary N) is 2. The van der Waals surface area contributed by atoms with Crippen molar-refractivity contribution in [3.63, 3.8) is 0 Å². The van der Waals surface area contributed by atoms with Crippen molar-refractivity contribution in [1.29, 1.82) is 0 Å². The van der Waals surface area contributed by atoms with E-state index in [1.165, 1.54) is 19.1 Å². The summed E-state index contributed by atoms with van der Waals surface area (Å²) in [4.78, 5) is 23.3. The molecule has 0 atom stereocenters. The minimum absolute atomic E-state index is 0.0427. The minimum Gasteiger partial charge on any atom is -0.433 e. The zero-order chi connectivity index (χ0) is 17.5. The van der Waals surface area contributed by atoms with Gasteiger partial charge in [0.05, 0.1) is 12.2 Å². The first-order valence-electron chi connectivity index (χ1n) is 7.14. The van der Waals surface area contributed by atoms with Crippen molar-refractivity contribution in [1.82, 2.24) is 0 Å². The van der Waals surface area contributed by atoms with Crippen LogP contribution in [0.5, 0.6) is 5.75 Å². The van der Waals surface area contributed by atoms with E-state index in [-0.39, 0.29) is 29.7 Å². The SMILES string of the molecule is CC(=O)c1cccc(NC(=O)CNc2ccccc2OC(F)F)c1. The maximum absolute atomic E-state index is 12.3. The average Bonchev–Trinajstić information content (AvgIpc) is 2.53. The van der Waals surface area contributed by atoms with Crippen molar-refractivity contribution in [2.24, 2.45) is 0 Å². The number of carbonyl (C=O) groups is 2. The van der Waals surface area contributed by atoms with Crippen LogP contribution in [0.4, 0.5) is 20.2 Å². The van der Waals surface area contributed by atoms with E-state index in [9.17, 15) is 18.4 Å². The molecule has 0 heterocycles. The van der Waals surface area contributed by atoms with Crippen molar-refractivity contribution in [3.8, 4) is 5.75 Å². The van der Waals surface area contributed by atoms with E-state index in [0.717, 1.165) is 0 Å². The number of anilines is 2. The predicted molar refractivity (Wildman–Crippen MR) is 86.6 cm³/mol. The molecular weight excluding hydrogens is 318 g/mol. The summed E-state index contributed by atoms with van der Waals surface area (Å²) in [5.41, 5.74) is 1.24. The van der Waals surface area contributed by atoms with Crippen LogP contribution in [0.25, 0.3) is 0 Å². The molecular formula is C17H16F2N2O3. The van der Waals surface area contributed by atoms with Gasteiger partial charge in [0.2, 0.25) is 5.91 Å². The fourth-order valence-electron chi connectivity index (χ4n) is 2.01. The molecule has 0 bridgehead atoms.